The Kier molecular flexibility index (Phi) is 4.88. The van der Waals surface area contributed by atoms with E-state index in [1.807, 2.05) is 6.92 Å². The van der Waals surface area contributed by atoms with E-state index in [0.717, 1.165) is 12.8 Å². The zero-order valence-corrected chi connectivity index (χ0v) is 11.3. The van der Waals surface area contributed by atoms with E-state index in [1.54, 1.807) is 0 Å². The lowest BCUT2D eigenvalue weighted by Gasteiger charge is -2.24. The van der Waals surface area contributed by atoms with Crippen LogP contribution in [-0.2, 0) is 6.42 Å². The van der Waals surface area contributed by atoms with Gasteiger partial charge in [-0.2, -0.15) is 0 Å². The van der Waals surface area contributed by atoms with Crippen molar-refractivity contribution in [3.8, 4) is 0 Å². The van der Waals surface area contributed by atoms with Crippen molar-refractivity contribution in [2.75, 3.05) is 6.54 Å². The van der Waals surface area contributed by atoms with Crippen LogP contribution in [0.15, 0.2) is 18.2 Å². The summed E-state index contributed by atoms with van der Waals surface area (Å²) in [6.07, 6.45) is 3.80. The van der Waals surface area contributed by atoms with E-state index in [-0.39, 0.29) is 11.6 Å². The van der Waals surface area contributed by atoms with Gasteiger partial charge in [-0.3, -0.25) is 0 Å². The highest BCUT2D eigenvalue weighted by atomic mass is 19.1. The summed E-state index contributed by atoms with van der Waals surface area (Å²) in [6, 6.07) is 4.44. The minimum absolute atomic E-state index is 0.0450. The summed E-state index contributed by atoms with van der Waals surface area (Å²) in [5.74, 6) is -0.432. The van der Waals surface area contributed by atoms with Gasteiger partial charge in [-0.15, -0.1) is 0 Å². The highest BCUT2D eigenvalue weighted by molar-refractivity contribution is 5.20. The SMILES string of the molecule is CC(Cc1c(F)cccc1F)NC1CCCC1CN. The molecule has 106 valence electrons. The number of hydrogen-bond donors (Lipinski definition) is 2. The van der Waals surface area contributed by atoms with Crippen LogP contribution in [0.5, 0.6) is 0 Å². The molecular weight excluding hydrogens is 246 g/mol. The largest absolute Gasteiger partial charge is 0.330 e. The monoisotopic (exact) mass is 268 g/mol. The Morgan fingerprint density at radius 1 is 1.32 bits per heavy atom. The molecule has 0 saturated heterocycles. The predicted octanol–water partition coefficient (Wildman–Crippen LogP) is 2.61. The second kappa shape index (κ2) is 6.44. The zero-order valence-electron chi connectivity index (χ0n) is 11.3. The Morgan fingerprint density at radius 2 is 2.00 bits per heavy atom. The average molecular weight is 268 g/mol. The molecule has 3 unspecified atom stereocenters. The first kappa shape index (κ1) is 14.4. The van der Waals surface area contributed by atoms with Gasteiger partial charge in [0.15, 0.2) is 0 Å². The van der Waals surface area contributed by atoms with E-state index in [0.29, 0.717) is 24.9 Å². The summed E-state index contributed by atoms with van der Waals surface area (Å²) in [6.45, 7) is 2.65. The van der Waals surface area contributed by atoms with Crippen LogP contribution in [0.3, 0.4) is 0 Å². The number of nitrogens with one attached hydrogen (secondary N) is 1. The van der Waals surface area contributed by atoms with Crippen LogP contribution in [0.2, 0.25) is 0 Å². The summed E-state index contributed by atoms with van der Waals surface area (Å²) < 4.78 is 27.2. The number of halogens is 2. The van der Waals surface area contributed by atoms with Crippen LogP contribution in [-0.4, -0.2) is 18.6 Å². The van der Waals surface area contributed by atoms with Crippen molar-refractivity contribution in [3.05, 3.63) is 35.4 Å². The third-order valence-electron chi connectivity index (χ3n) is 4.03. The lowest BCUT2D eigenvalue weighted by Crippen LogP contribution is -2.42. The molecule has 0 amide bonds. The molecule has 1 fully saturated rings. The summed E-state index contributed by atoms with van der Waals surface area (Å²) in [4.78, 5) is 0. The minimum Gasteiger partial charge on any atom is -0.330 e. The first-order valence-electron chi connectivity index (χ1n) is 7.00. The molecular formula is C15H22F2N2. The Bertz CT molecular complexity index is 402. The van der Waals surface area contributed by atoms with Gasteiger partial charge < -0.3 is 11.1 Å². The van der Waals surface area contributed by atoms with Crippen molar-refractivity contribution in [2.24, 2.45) is 11.7 Å². The zero-order chi connectivity index (χ0) is 13.8. The molecule has 3 N–H and O–H groups in total. The van der Waals surface area contributed by atoms with E-state index < -0.39 is 11.6 Å². The fraction of sp³-hybridized carbons (Fsp3) is 0.600. The fourth-order valence-electron chi connectivity index (χ4n) is 3.00. The smallest absolute Gasteiger partial charge is 0.129 e. The number of rotatable bonds is 5. The Morgan fingerprint density at radius 3 is 2.63 bits per heavy atom. The molecule has 1 saturated carbocycles. The first-order valence-corrected chi connectivity index (χ1v) is 7.00. The quantitative estimate of drug-likeness (QED) is 0.861. The van der Waals surface area contributed by atoms with E-state index in [4.69, 9.17) is 5.73 Å². The molecule has 2 rings (SSSR count). The molecule has 1 aromatic rings. The third-order valence-corrected chi connectivity index (χ3v) is 4.03. The van der Waals surface area contributed by atoms with Crippen molar-refractivity contribution >= 4 is 0 Å². The van der Waals surface area contributed by atoms with Gasteiger partial charge in [0.1, 0.15) is 11.6 Å². The molecule has 2 nitrogen and oxygen atoms in total. The van der Waals surface area contributed by atoms with Crippen molar-refractivity contribution < 1.29 is 8.78 Å². The first-order chi connectivity index (χ1) is 9.11. The molecule has 0 aliphatic heterocycles. The van der Waals surface area contributed by atoms with Crippen LogP contribution in [0.4, 0.5) is 8.78 Å². The molecule has 0 heterocycles. The van der Waals surface area contributed by atoms with Crippen LogP contribution in [0.1, 0.15) is 31.7 Å². The summed E-state index contributed by atoms with van der Waals surface area (Å²) in [5.41, 5.74) is 5.91. The average Bonchev–Trinajstić information content (AvgIpc) is 2.81. The molecule has 4 heteroatoms. The van der Waals surface area contributed by atoms with E-state index in [9.17, 15) is 8.78 Å². The Labute approximate surface area is 113 Å². The molecule has 0 radical (unpaired) electrons. The van der Waals surface area contributed by atoms with Gasteiger partial charge in [-0.05, 0) is 50.8 Å². The van der Waals surface area contributed by atoms with Crippen LogP contribution in [0.25, 0.3) is 0 Å². The van der Waals surface area contributed by atoms with Crippen molar-refractivity contribution in [3.63, 3.8) is 0 Å². The maximum Gasteiger partial charge on any atom is 0.129 e. The maximum absolute atomic E-state index is 13.6. The van der Waals surface area contributed by atoms with Gasteiger partial charge in [-0.25, -0.2) is 8.78 Å². The highest BCUT2D eigenvalue weighted by Crippen LogP contribution is 2.25. The lowest BCUT2D eigenvalue weighted by molar-refractivity contribution is 0.364. The van der Waals surface area contributed by atoms with Crippen molar-refractivity contribution in [1.82, 2.24) is 5.32 Å². The Hall–Kier alpha value is -1.00. The van der Waals surface area contributed by atoms with Crippen LogP contribution in [0, 0.1) is 17.6 Å². The maximum atomic E-state index is 13.6. The molecule has 0 spiro atoms. The second-order valence-electron chi connectivity index (χ2n) is 5.51. The minimum atomic E-state index is -0.463. The van der Waals surface area contributed by atoms with Gasteiger partial charge in [-0.1, -0.05) is 12.5 Å². The summed E-state index contributed by atoms with van der Waals surface area (Å²) in [7, 11) is 0. The van der Waals surface area contributed by atoms with Gasteiger partial charge in [0, 0.05) is 17.6 Å². The number of hydrogen-bond acceptors (Lipinski definition) is 2. The van der Waals surface area contributed by atoms with Gasteiger partial charge >= 0.3 is 0 Å². The number of benzene rings is 1. The molecule has 19 heavy (non-hydrogen) atoms. The van der Waals surface area contributed by atoms with Crippen LogP contribution < -0.4 is 11.1 Å². The van der Waals surface area contributed by atoms with Crippen molar-refractivity contribution in [2.45, 2.75) is 44.7 Å². The number of nitrogens with two attached hydrogens (primary N) is 1. The molecule has 1 aromatic carbocycles. The van der Waals surface area contributed by atoms with Gasteiger partial charge in [0.05, 0.1) is 0 Å². The van der Waals surface area contributed by atoms with E-state index in [1.165, 1.54) is 24.6 Å². The van der Waals surface area contributed by atoms with Gasteiger partial charge in [0.25, 0.3) is 0 Å². The normalized spacial score (nSPS) is 24.6. The fourth-order valence-corrected chi connectivity index (χ4v) is 3.00. The molecule has 1 aliphatic rings. The standard InChI is InChI=1S/C15H22F2N2/c1-10(19-15-7-2-4-11(15)9-18)8-12-13(16)5-3-6-14(12)17/h3,5-6,10-11,15,19H,2,4,7-9,18H2,1H3. The molecule has 1 aliphatic carbocycles. The molecule has 0 bridgehead atoms. The Balaban J connectivity index is 1.96. The van der Waals surface area contributed by atoms with E-state index in [2.05, 4.69) is 5.32 Å². The van der Waals surface area contributed by atoms with E-state index >= 15 is 0 Å². The summed E-state index contributed by atoms with van der Waals surface area (Å²) >= 11 is 0. The third kappa shape index (κ3) is 3.51. The second-order valence-corrected chi connectivity index (χ2v) is 5.51. The van der Waals surface area contributed by atoms with Crippen molar-refractivity contribution in [1.29, 1.82) is 0 Å². The van der Waals surface area contributed by atoms with Gasteiger partial charge in [0.2, 0.25) is 0 Å². The lowest BCUT2D eigenvalue weighted by atomic mass is 10.0. The molecule has 3 atom stereocenters. The highest BCUT2D eigenvalue weighted by Gasteiger charge is 2.27. The topological polar surface area (TPSA) is 38.0 Å². The van der Waals surface area contributed by atoms with Crippen LogP contribution >= 0.6 is 0 Å². The summed E-state index contributed by atoms with van der Waals surface area (Å²) in [5, 5.41) is 3.47. The predicted molar refractivity (Wildman–Crippen MR) is 72.8 cm³/mol. The molecule has 0 aromatic heterocycles.